The summed E-state index contributed by atoms with van der Waals surface area (Å²) >= 11 is 0. The maximum absolute atomic E-state index is 10.7. The van der Waals surface area contributed by atoms with E-state index in [0.29, 0.717) is 0 Å². The highest BCUT2D eigenvalue weighted by Crippen LogP contribution is 2.23. The zero-order chi connectivity index (χ0) is 13.8. The molecule has 0 aromatic heterocycles. The van der Waals surface area contributed by atoms with Gasteiger partial charge in [-0.1, -0.05) is 78.6 Å². The number of hydrogen-bond donors (Lipinski definition) is 1. The van der Waals surface area contributed by atoms with Crippen LogP contribution in [0, 0.1) is 11.8 Å². The summed E-state index contributed by atoms with van der Waals surface area (Å²) in [6.45, 7) is 6.32. The number of carboxylic acids is 1. The van der Waals surface area contributed by atoms with E-state index in [-0.39, 0.29) is 5.92 Å². The first-order chi connectivity index (χ1) is 8.61. The smallest absolute Gasteiger partial charge is 0.306 e. The van der Waals surface area contributed by atoms with E-state index >= 15 is 0 Å². The largest absolute Gasteiger partial charge is 0.481 e. The third kappa shape index (κ3) is 9.49. The van der Waals surface area contributed by atoms with Crippen molar-refractivity contribution in [1.82, 2.24) is 0 Å². The number of hydrogen-bond acceptors (Lipinski definition) is 1. The number of rotatable bonds is 12. The predicted molar refractivity (Wildman–Crippen MR) is 77.8 cm³/mol. The second kappa shape index (κ2) is 11.6. The Labute approximate surface area is 113 Å². The van der Waals surface area contributed by atoms with Gasteiger partial charge in [-0.3, -0.25) is 4.79 Å². The zero-order valence-electron chi connectivity index (χ0n) is 12.6. The number of carboxylic acid groups (broad SMARTS) is 1. The van der Waals surface area contributed by atoms with E-state index < -0.39 is 5.97 Å². The summed E-state index contributed by atoms with van der Waals surface area (Å²) in [6.07, 6.45) is 12.4. The summed E-state index contributed by atoms with van der Waals surface area (Å²) in [4.78, 5) is 10.7. The molecule has 0 heterocycles. The first-order valence-electron chi connectivity index (χ1n) is 7.84. The van der Waals surface area contributed by atoms with Crippen molar-refractivity contribution in [3.05, 3.63) is 0 Å². The van der Waals surface area contributed by atoms with Gasteiger partial charge < -0.3 is 5.11 Å². The van der Waals surface area contributed by atoms with Crippen LogP contribution in [0.25, 0.3) is 0 Å². The average Bonchev–Trinajstić information content (AvgIpc) is 2.36. The van der Waals surface area contributed by atoms with Crippen LogP contribution in [0.4, 0.5) is 0 Å². The van der Waals surface area contributed by atoms with Crippen LogP contribution in [0.15, 0.2) is 0 Å². The van der Waals surface area contributed by atoms with Crippen LogP contribution in [0.2, 0.25) is 0 Å². The van der Waals surface area contributed by atoms with Crippen molar-refractivity contribution >= 4 is 5.97 Å². The summed E-state index contributed by atoms with van der Waals surface area (Å²) in [7, 11) is 0. The first-order valence-corrected chi connectivity index (χ1v) is 7.84. The minimum Gasteiger partial charge on any atom is -0.481 e. The minimum atomic E-state index is -0.650. The van der Waals surface area contributed by atoms with Crippen molar-refractivity contribution in [2.45, 2.75) is 85.0 Å². The summed E-state index contributed by atoms with van der Waals surface area (Å²) in [6, 6.07) is 0. The standard InChI is InChI=1S/C16H32O2/c1-4-6-11-15(12-7-5-2)13-9-8-10-14(3)16(17)18/h14-15H,4-13H2,1-3H3,(H,17,18). The van der Waals surface area contributed by atoms with Crippen LogP contribution in [-0.2, 0) is 4.79 Å². The Kier molecular flexibility index (Phi) is 11.2. The Morgan fingerprint density at radius 3 is 1.78 bits per heavy atom. The molecule has 0 radical (unpaired) electrons. The van der Waals surface area contributed by atoms with Crippen LogP contribution < -0.4 is 0 Å². The molecule has 0 bridgehead atoms. The number of aliphatic carboxylic acids is 1. The second-order valence-corrected chi connectivity index (χ2v) is 5.67. The highest BCUT2D eigenvalue weighted by atomic mass is 16.4. The topological polar surface area (TPSA) is 37.3 Å². The van der Waals surface area contributed by atoms with Gasteiger partial charge in [0.25, 0.3) is 0 Å². The van der Waals surface area contributed by atoms with Crippen molar-refractivity contribution in [2.75, 3.05) is 0 Å². The minimum absolute atomic E-state index is 0.172. The fraction of sp³-hybridized carbons (Fsp3) is 0.938. The zero-order valence-corrected chi connectivity index (χ0v) is 12.6. The second-order valence-electron chi connectivity index (χ2n) is 5.67. The molecule has 1 N–H and O–H groups in total. The van der Waals surface area contributed by atoms with Crippen LogP contribution in [0.3, 0.4) is 0 Å². The SMILES string of the molecule is CCCCC(CCCC)CCCCC(C)C(=O)O. The quantitative estimate of drug-likeness (QED) is 0.483. The Bertz CT molecular complexity index is 193. The van der Waals surface area contributed by atoms with Gasteiger partial charge >= 0.3 is 5.97 Å². The molecule has 0 rings (SSSR count). The molecule has 0 fully saturated rings. The van der Waals surface area contributed by atoms with E-state index in [4.69, 9.17) is 5.11 Å². The van der Waals surface area contributed by atoms with E-state index in [1.807, 2.05) is 6.92 Å². The molecule has 1 unspecified atom stereocenters. The van der Waals surface area contributed by atoms with E-state index in [1.165, 1.54) is 51.4 Å². The van der Waals surface area contributed by atoms with Crippen molar-refractivity contribution in [1.29, 1.82) is 0 Å². The maximum Gasteiger partial charge on any atom is 0.306 e. The summed E-state index contributed by atoms with van der Waals surface area (Å²) in [5, 5.41) is 8.82. The molecule has 0 aliphatic carbocycles. The Hall–Kier alpha value is -0.530. The lowest BCUT2D eigenvalue weighted by molar-refractivity contribution is -0.141. The molecule has 2 heteroatoms. The molecule has 0 aromatic rings. The highest BCUT2D eigenvalue weighted by molar-refractivity contribution is 5.69. The third-order valence-corrected chi connectivity index (χ3v) is 3.85. The van der Waals surface area contributed by atoms with Crippen molar-refractivity contribution in [2.24, 2.45) is 11.8 Å². The maximum atomic E-state index is 10.7. The van der Waals surface area contributed by atoms with Gasteiger partial charge in [0.15, 0.2) is 0 Å². The molecule has 0 aliphatic heterocycles. The molecule has 0 amide bonds. The monoisotopic (exact) mass is 256 g/mol. The van der Waals surface area contributed by atoms with Crippen LogP contribution in [-0.4, -0.2) is 11.1 Å². The summed E-state index contributed by atoms with van der Waals surface area (Å²) < 4.78 is 0. The third-order valence-electron chi connectivity index (χ3n) is 3.85. The van der Waals surface area contributed by atoms with E-state index in [0.717, 1.165) is 18.8 Å². The van der Waals surface area contributed by atoms with Gasteiger partial charge in [0.2, 0.25) is 0 Å². The molecule has 0 spiro atoms. The average molecular weight is 256 g/mol. The Morgan fingerprint density at radius 2 is 1.33 bits per heavy atom. The van der Waals surface area contributed by atoms with Crippen molar-refractivity contribution in [3.63, 3.8) is 0 Å². The lowest BCUT2D eigenvalue weighted by Crippen LogP contribution is -2.09. The molecule has 0 saturated carbocycles. The van der Waals surface area contributed by atoms with Crippen LogP contribution in [0.5, 0.6) is 0 Å². The van der Waals surface area contributed by atoms with Gasteiger partial charge in [-0.15, -0.1) is 0 Å². The summed E-state index contributed by atoms with van der Waals surface area (Å²) in [5.74, 6) is 0.0586. The molecule has 108 valence electrons. The summed E-state index contributed by atoms with van der Waals surface area (Å²) in [5.41, 5.74) is 0. The molecular formula is C16H32O2. The van der Waals surface area contributed by atoms with Crippen LogP contribution >= 0.6 is 0 Å². The van der Waals surface area contributed by atoms with E-state index in [1.54, 1.807) is 0 Å². The predicted octanol–water partition coefficient (Wildman–Crippen LogP) is 5.26. The van der Waals surface area contributed by atoms with Gasteiger partial charge in [-0.05, 0) is 12.3 Å². The molecule has 1 atom stereocenters. The lowest BCUT2D eigenvalue weighted by atomic mass is 9.90. The molecule has 2 nitrogen and oxygen atoms in total. The highest BCUT2D eigenvalue weighted by Gasteiger charge is 2.11. The lowest BCUT2D eigenvalue weighted by Gasteiger charge is -2.16. The molecule has 0 saturated heterocycles. The number of unbranched alkanes of at least 4 members (excludes halogenated alkanes) is 3. The fourth-order valence-corrected chi connectivity index (χ4v) is 2.43. The van der Waals surface area contributed by atoms with Crippen molar-refractivity contribution < 1.29 is 9.90 Å². The van der Waals surface area contributed by atoms with Gasteiger partial charge in [-0.2, -0.15) is 0 Å². The fourth-order valence-electron chi connectivity index (χ4n) is 2.43. The van der Waals surface area contributed by atoms with Gasteiger partial charge in [0, 0.05) is 0 Å². The Balaban J connectivity index is 3.70. The normalized spacial score (nSPS) is 12.9. The Morgan fingerprint density at radius 1 is 0.889 bits per heavy atom. The van der Waals surface area contributed by atoms with Gasteiger partial charge in [0.1, 0.15) is 0 Å². The van der Waals surface area contributed by atoms with E-state index in [9.17, 15) is 4.79 Å². The van der Waals surface area contributed by atoms with Crippen LogP contribution in [0.1, 0.15) is 85.0 Å². The van der Waals surface area contributed by atoms with Gasteiger partial charge in [0.05, 0.1) is 5.92 Å². The molecular weight excluding hydrogens is 224 g/mol. The van der Waals surface area contributed by atoms with E-state index in [2.05, 4.69) is 13.8 Å². The molecule has 0 aliphatic rings. The number of carbonyl (C=O) groups is 1. The van der Waals surface area contributed by atoms with Crippen molar-refractivity contribution in [3.8, 4) is 0 Å². The van der Waals surface area contributed by atoms with Gasteiger partial charge in [-0.25, -0.2) is 0 Å². The molecule has 0 aromatic carbocycles. The first kappa shape index (κ1) is 17.5. The molecule has 18 heavy (non-hydrogen) atoms.